The lowest BCUT2D eigenvalue weighted by molar-refractivity contribution is 1.19. The SMILES string of the molecule is Nc1ccc(-c2cc(Cl)cc(Cc3cc(Cl)cc(-c4ccc(N)cc4)c3Cl)c2Cl)cc1. The van der Waals surface area contributed by atoms with Gasteiger partial charge in [0.15, 0.2) is 0 Å². The van der Waals surface area contributed by atoms with Crippen LogP contribution in [0.15, 0.2) is 72.8 Å². The largest absolute Gasteiger partial charge is 0.399 e. The van der Waals surface area contributed by atoms with E-state index in [1.54, 1.807) is 0 Å². The van der Waals surface area contributed by atoms with Gasteiger partial charge in [-0.15, -0.1) is 0 Å². The normalized spacial score (nSPS) is 11.0. The van der Waals surface area contributed by atoms with E-state index in [1.165, 1.54) is 0 Å². The highest BCUT2D eigenvalue weighted by molar-refractivity contribution is 6.37. The van der Waals surface area contributed by atoms with E-state index >= 15 is 0 Å². The van der Waals surface area contributed by atoms with Crippen LogP contribution >= 0.6 is 46.4 Å². The van der Waals surface area contributed by atoms with Crippen LogP contribution in [0.25, 0.3) is 22.3 Å². The Labute approximate surface area is 201 Å². The monoisotopic (exact) mass is 486 g/mol. The summed E-state index contributed by atoms with van der Waals surface area (Å²) in [6.07, 6.45) is 0.475. The second kappa shape index (κ2) is 9.02. The molecule has 0 saturated carbocycles. The van der Waals surface area contributed by atoms with Crippen LogP contribution in [-0.4, -0.2) is 0 Å². The molecule has 0 unspecified atom stereocenters. The van der Waals surface area contributed by atoms with Crippen molar-refractivity contribution < 1.29 is 0 Å². The molecule has 0 aliphatic heterocycles. The highest BCUT2D eigenvalue weighted by Crippen LogP contribution is 2.39. The van der Waals surface area contributed by atoms with Gasteiger partial charge in [0, 0.05) is 39.0 Å². The third kappa shape index (κ3) is 4.78. The van der Waals surface area contributed by atoms with Gasteiger partial charge in [-0.1, -0.05) is 70.7 Å². The molecule has 0 saturated heterocycles. The average Bonchev–Trinajstić information content (AvgIpc) is 2.74. The van der Waals surface area contributed by atoms with Crippen molar-refractivity contribution in [2.75, 3.05) is 11.5 Å². The predicted octanol–water partition coefficient (Wildman–Crippen LogP) is 8.39. The minimum absolute atomic E-state index is 0.475. The van der Waals surface area contributed by atoms with Gasteiger partial charge < -0.3 is 11.5 Å². The standard InChI is InChI=1S/C25H18Cl4N2/c26-18-10-16(24(28)22(12-18)14-1-5-20(30)6-2-14)9-17-11-19(27)13-23(25(17)29)15-3-7-21(31)8-4-15/h1-8,10-13H,9,30-31H2. The number of anilines is 2. The first-order valence-corrected chi connectivity index (χ1v) is 11.0. The van der Waals surface area contributed by atoms with Crippen molar-refractivity contribution in [2.24, 2.45) is 0 Å². The van der Waals surface area contributed by atoms with Gasteiger partial charge in [0.1, 0.15) is 0 Å². The Morgan fingerprint density at radius 2 is 0.871 bits per heavy atom. The second-order valence-corrected chi connectivity index (χ2v) is 8.90. The average molecular weight is 488 g/mol. The summed E-state index contributed by atoms with van der Waals surface area (Å²) in [5.41, 5.74) is 18.2. The molecular formula is C25H18Cl4N2. The zero-order valence-electron chi connectivity index (χ0n) is 16.3. The molecule has 4 rings (SSSR count). The van der Waals surface area contributed by atoms with Crippen LogP contribution in [0.1, 0.15) is 11.1 Å². The van der Waals surface area contributed by atoms with Crippen molar-refractivity contribution >= 4 is 57.8 Å². The predicted molar refractivity (Wildman–Crippen MR) is 135 cm³/mol. The second-order valence-electron chi connectivity index (χ2n) is 7.27. The Balaban J connectivity index is 1.78. The molecule has 4 aromatic carbocycles. The Morgan fingerprint density at radius 1 is 0.516 bits per heavy atom. The van der Waals surface area contributed by atoms with Gasteiger partial charge in [-0.05, 0) is 70.8 Å². The molecule has 0 fully saturated rings. The first-order chi connectivity index (χ1) is 14.8. The van der Waals surface area contributed by atoms with E-state index in [9.17, 15) is 0 Å². The smallest absolute Gasteiger partial charge is 0.0520 e. The van der Waals surface area contributed by atoms with Gasteiger partial charge in [-0.3, -0.25) is 0 Å². The number of hydrogen-bond donors (Lipinski definition) is 2. The molecule has 0 spiro atoms. The van der Waals surface area contributed by atoms with E-state index in [-0.39, 0.29) is 0 Å². The summed E-state index contributed by atoms with van der Waals surface area (Å²) in [6.45, 7) is 0. The molecular weight excluding hydrogens is 470 g/mol. The molecule has 0 atom stereocenters. The van der Waals surface area contributed by atoms with Crippen molar-refractivity contribution in [3.8, 4) is 22.3 Å². The van der Waals surface area contributed by atoms with Crippen LogP contribution in [0.3, 0.4) is 0 Å². The molecule has 4 N–H and O–H groups in total. The van der Waals surface area contributed by atoms with Gasteiger partial charge >= 0.3 is 0 Å². The van der Waals surface area contributed by atoms with Crippen LogP contribution in [0.2, 0.25) is 20.1 Å². The van der Waals surface area contributed by atoms with E-state index in [1.807, 2.05) is 72.8 Å². The van der Waals surface area contributed by atoms with Gasteiger partial charge in [0.05, 0.1) is 10.0 Å². The Hall–Kier alpha value is -2.36. The summed E-state index contributed by atoms with van der Waals surface area (Å²) in [7, 11) is 0. The van der Waals surface area contributed by atoms with Crippen LogP contribution < -0.4 is 11.5 Å². The Bertz CT molecular complexity index is 1150. The van der Waals surface area contributed by atoms with Crippen molar-refractivity contribution in [3.05, 3.63) is 104 Å². The molecule has 0 radical (unpaired) electrons. The van der Waals surface area contributed by atoms with Crippen LogP contribution in [0.5, 0.6) is 0 Å². The summed E-state index contributed by atoms with van der Waals surface area (Å²) >= 11 is 26.4. The van der Waals surface area contributed by atoms with Gasteiger partial charge in [0.25, 0.3) is 0 Å². The lowest BCUT2D eigenvalue weighted by atomic mass is 9.96. The minimum atomic E-state index is 0.475. The zero-order chi connectivity index (χ0) is 22.1. The van der Waals surface area contributed by atoms with E-state index in [0.717, 1.165) is 33.4 Å². The number of rotatable bonds is 4. The molecule has 4 aromatic rings. The molecule has 2 nitrogen and oxygen atoms in total. The fourth-order valence-electron chi connectivity index (χ4n) is 3.50. The maximum Gasteiger partial charge on any atom is 0.0520 e. The lowest BCUT2D eigenvalue weighted by Gasteiger charge is -2.15. The molecule has 0 aliphatic rings. The Kier molecular flexibility index (Phi) is 6.36. The zero-order valence-corrected chi connectivity index (χ0v) is 19.3. The third-order valence-corrected chi connectivity index (χ3v) is 6.38. The van der Waals surface area contributed by atoms with Crippen molar-refractivity contribution in [2.45, 2.75) is 6.42 Å². The number of hydrogen-bond acceptors (Lipinski definition) is 2. The van der Waals surface area contributed by atoms with Crippen LogP contribution in [0, 0.1) is 0 Å². The fourth-order valence-corrected chi connectivity index (χ4v) is 4.55. The van der Waals surface area contributed by atoms with E-state index in [2.05, 4.69) is 0 Å². The van der Waals surface area contributed by atoms with E-state index in [4.69, 9.17) is 57.9 Å². The maximum absolute atomic E-state index is 6.79. The van der Waals surface area contributed by atoms with Crippen molar-refractivity contribution in [1.82, 2.24) is 0 Å². The van der Waals surface area contributed by atoms with E-state index in [0.29, 0.717) is 37.9 Å². The highest BCUT2D eigenvalue weighted by Gasteiger charge is 2.16. The first-order valence-electron chi connectivity index (χ1n) is 9.49. The fraction of sp³-hybridized carbons (Fsp3) is 0.0400. The number of benzene rings is 4. The lowest BCUT2D eigenvalue weighted by Crippen LogP contribution is -1.96. The molecule has 0 aliphatic carbocycles. The molecule has 31 heavy (non-hydrogen) atoms. The topological polar surface area (TPSA) is 52.0 Å². The maximum atomic E-state index is 6.79. The molecule has 0 aromatic heterocycles. The summed E-state index contributed by atoms with van der Waals surface area (Å²) in [5.74, 6) is 0. The molecule has 156 valence electrons. The van der Waals surface area contributed by atoms with Crippen molar-refractivity contribution in [1.29, 1.82) is 0 Å². The first kappa shape index (κ1) is 21.9. The van der Waals surface area contributed by atoms with Gasteiger partial charge in [-0.25, -0.2) is 0 Å². The molecule has 0 amide bonds. The summed E-state index contributed by atoms with van der Waals surface area (Å²) in [6, 6.07) is 22.4. The minimum Gasteiger partial charge on any atom is -0.399 e. The third-order valence-electron chi connectivity index (χ3n) is 5.05. The number of nitrogen functional groups attached to an aromatic ring is 2. The van der Waals surface area contributed by atoms with Crippen LogP contribution in [-0.2, 0) is 6.42 Å². The van der Waals surface area contributed by atoms with Crippen molar-refractivity contribution in [3.63, 3.8) is 0 Å². The Morgan fingerprint density at radius 3 is 1.23 bits per heavy atom. The quantitative estimate of drug-likeness (QED) is 0.284. The summed E-state index contributed by atoms with van der Waals surface area (Å²) in [4.78, 5) is 0. The summed E-state index contributed by atoms with van der Waals surface area (Å²) < 4.78 is 0. The summed E-state index contributed by atoms with van der Waals surface area (Å²) in [5, 5.41) is 2.39. The molecule has 0 bridgehead atoms. The molecule has 0 heterocycles. The van der Waals surface area contributed by atoms with Gasteiger partial charge in [-0.2, -0.15) is 0 Å². The highest BCUT2D eigenvalue weighted by atomic mass is 35.5. The van der Waals surface area contributed by atoms with E-state index < -0.39 is 0 Å². The van der Waals surface area contributed by atoms with Gasteiger partial charge in [0.2, 0.25) is 0 Å². The number of nitrogens with two attached hydrogens (primary N) is 2. The van der Waals surface area contributed by atoms with Crippen LogP contribution in [0.4, 0.5) is 11.4 Å². The molecule has 6 heteroatoms. The number of halogens is 4.